The molecule has 0 aromatic heterocycles. The summed E-state index contributed by atoms with van der Waals surface area (Å²) in [6.45, 7) is 5.81. The minimum absolute atomic E-state index is 0.352. The Morgan fingerprint density at radius 1 is 1.30 bits per heavy atom. The van der Waals surface area contributed by atoms with Crippen molar-refractivity contribution in [1.82, 2.24) is 10.2 Å². The van der Waals surface area contributed by atoms with E-state index in [1.165, 1.54) is 31.5 Å². The van der Waals surface area contributed by atoms with E-state index < -0.39 is 0 Å². The molecule has 0 aliphatic carbocycles. The zero-order valence-corrected chi connectivity index (χ0v) is 12.6. The molecule has 2 heterocycles. The maximum absolute atomic E-state index is 6.05. The lowest BCUT2D eigenvalue weighted by atomic mass is 9.90. The van der Waals surface area contributed by atoms with Crippen molar-refractivity contribution in [3.05, 3.63) is 29.8 Å². The first-order chi connectivity index (χ1) is 9.76. The van der Waals surface area contributed by atoms with Gasteiger partial charge in [-0.25, -0.2) is 0 Å². The fourth-order valence-corrected chi connectivity index (χ4v) is 3.51. The van der Waals surface area contributed by atoms with Crippen LogP contribution in [0.25, 0.3) is 0 Å². The van der Waals surface area contributed by atoms with Gasteiger partial charge in [0, 0.05) is 19.0 Å². The number of ether oxygens (including phenoxy) is 1. The molecule has 0 saturated carbocycles. The third-order valence-corrected chi connectivity index (χ3v) is 4.97. The molecule has 0 amide bonds. The maximum atomic E-state index is 6.05. The highest BCUT2D eigenvalue weighted by Crippen LogP contribution is 2.29. The molecule has 1 aromatic carbocycles. The molecule has 20 heavy (non-hydrogen) atoms. The molecule has 0 spiro atoms. The summed E-state index contributed by atoms with van der Waals surface area (Å²) < 4.78 is 6.05. The molecule has 1 fully saturated rings. The zero-order chi connectivity index (χ0) is 13.9. The Labute approximate surface area is 122 Å². The van der Waals surface area contributed by atoms with Crippen LogP contribution < -0.4 is 10.1 Å². The first-order valence-electron chi connectivity index (χ1n) is 7.90. The number of hydrogen-bond acceptors (Lipinski definition) is 3. The van der Waals surface area contributed by atoms with Crippen LogP contribution in [0.3, 0.4) is 0 Å². The number of para-hydroxylation sites is 1. The van der Waals surface area contributed by atoms with E-state index in [-0.39, 0.29) is 0 Å². The molecule has 3 nitrogen and oxygen atoms in total. The van der Waals surface area contributed by atoms with Gasteiger partial charge in [-0.3, -0.25) is 4.90 Å². The molecule has 0 bridgehead atoms. The number of benzene rings is 1. The van der Waals surface area contributed by atoms with E-state index in [4.69, 9.17) is 4.74 Å². The van der Waals surface area contributed by atoms with Crippen LogP contribution in [0.1, 0.15) is 25.3 Å². The highest BCUT2D eigenvalue weighted by Gasteiger charge is 2.28. The monoisotopic (exact) mass is 274 g/mol. The van der Waals surface area contributed by atoms with Gasteiger partial charge in [0.15, 0.2) is 0 Å². The molecule has 1 aromatic rings. The summed E-state index contributed by atoms with van der Waals surface area (Å²) in [6, 6.07) is 9.09. The number of nitrogens with zero attached hydrogens (tertiary/aromatic N) is 1. The second-order valence-corrected chi connectivity index (χ2v) is 6.27. The van der Waals surface area contributed by atoms with Gasteiger partial charge in [0.05, 0.1) is 0 Å². The van der Waals surface area contributed by atoms with Gasteiger partial charge in [-0.2, -0.15) is 0 Å². The second-order valence-electron chi connectivity index (χ2n) is 6.27. The fourth-order valence-electron chi connectivity index (χ4n) is 3.51. The van der Waals surface area contributed by atoms with E-state index in [2.05, 4.69) is 48.5 Å². The fraction of sp³-hybridized carbons (Fsp3) is 0.647. The van der Waals surface area contributed by atoms with E-state index in [0.29, 0.717) is 12.1 Å². The van der Waals surface area contributed by atoms with Gasteiger partial charge in [0.25, 0.3) is 0 Å². The quantitative estimate of drug-likeness (QED) is 0.912. The van der Waals surface area contributed by atoms with Crippen LogP contribution in [-0.4, -0.2) is 43.7 Å². The second kappa shape index (κ2) is 6.15. The number of rotatable bonds is 4. The lowest BCUT2D eigenvalue weighted by molar-refractivity contribution is 0.109. The number of hydrogen-bond donors (Lipinski definition) is 1. The smallest absolute Gasteiger partial charge is 0.123 e. The van der Waals surface area contributed by atoms with Crippen LogP contribution in [-0.2, 0) is 6.42 Å². The predicted molar refractivity (Wildman–Crippen MR) is 82.2 cm³/mol. The minimum Gasteiger partial charge on any atom is -0.488 e. The topological polar surface area (TPSA) is 24.5 Å². The predicted octanol–water partition coefficient (Wildman–Crippen LogP) is 2.31. The van der Waals surface area contributed by atoms with Crippen LogP contribution in [0.2, 0.25) is 0 Å². The van der Waals surface area contributed by atoms with Gasteiger partial charge < -0.3 is 10.1 Å². The molecule has 2 aliphatic rings. The molecular weight excluding hydrogens is 248 g/mol. The molecule has 2 atom stereocenters. The van der Waals surface area contributed by atoms with Gasteiger partial charge in [0.2, 0.25) is 0 Å². The van der Waals surface area contributed by atoms with Gasteiger partial charge >= 0.3 is 0 Å². The van der Waals surface area contributed by atoms with Crippen LogP contribution >= 0.6 is 0 Å². The van der Waals surface area contributed by atoms with Gasteiger partial charge in [-0.05, 0) is 57.5 Å². The Hall–Kier alpha value is -1.06. The van der Waals surface area contributed by atoms with Crippen molar-refractivity contribution in [1.29, 1.82) is 0 Å². The Morgan fingerprint density at radius 3 is 2.75 bits per heavy atom. The third kappa shape index (κ3) is 2.99. The first kappa shape index (κ1) is 13.9. The van der Waals surface area contributed by atoms with Crippen LogP contribution in [0.4, 0.5) is 0 Å². The Morgan fingerprint density at radius 2 is 2.05 bits per heavy atom. The summed E-state index contributed by atoms with van der Waals surface area (Å²) in [6.07, 6.45) is 4.04. The summed E-state index contributed by atoms with van der Waals surface area (Å²) in [5.74, 6) is 1.93. The van der Waals surface area contributed by atoms with Gasteiger partial charge in [-0.15, -0.1) is 0 Å². The summed E-state index contributed by atoms with van der Waals surface area (Å²) in [5, 5.41) is 3.39. The van der Waals surface area contributed by atoms with Gasteiger partial charge in [-0.1, -0.05) is 18.2 Å². The van der Waals surface area contributed by atoms with Crippen molar-refractivity contribution < 1.29 is 4.74 Å². The average Bonchev–Trinajstić information content (AvgIpc) is 2.89. The molecule has 1 saturated heterocycles. The molecule has 2 aliphatic heterocycles. The van der Waals surface area contributed by atoms with Crippen LogP contribution in [0.5, 0.6) is 5.75 Å². The highest BCUT2D eigenvalue weighted by molar-refractivity contribution is 5.37. The maximum Gasteiger partial charge on any atom is 0.123 e. The summed E-state index contributed by atoms with van der Waals surface area (Å²) in [4.78, 5) is 2.58. The summed E-state index contributed by atoms with van der Waals surface area (Å²) >= 11 is 0. The Kier molecular flexibility index (Phi) is 4.27. The largest absolute Gasteiger partial charge is 0.488 e. The van der Waals surface area contributed by atoms with E-state index in [0.717, 1.165) is 24.6 Å². The molecule has 0 radical (unpaired) electrons. The standard InChI is InChI=1S/C17H26N2O/c1-13(18-2)14-7-9-19(10-8-14)12-16-11-15-5-3-4-6-17(15)20-16/h3-6,13-14,16,18H,7-12H2,1-2H3. The molecule has 3 rings (SSSR count). The molecule has 3 heteroatoms. The highest BCUT2D eigenvalue weighted by atomic mass is 16.5. The van der Waals surface area contributed by atoms with Crippen molar-refractivity contribution in [3.8, 4) is 5.75 Å². The first-order valence-corrected chi connectivity index (χ1v) is 7.90. The number of piperidine rings is 1. The molecule has 2 unspecified atom stereocenters. The Bertz CT molecular complexity index is 415. The normalized spacial score (nSPS) is 25.2. The van der Waals surface area contributed by atoms with Gasteiger partial charge in [0.1, 0.15) is 11.9 Å². The van der Waals surface area contributed by atoms with E-state index in [1.807, 2.05) is 0 Å². The SMILES string of the molecule is CNC(C)C1CCN(CC2Cc3ccccc3O2)CC1. The Balaban J connectivity index is 1.47. The van der Waals surface area contributed by atoms with Crippen LogP contribution in [0.15, 0.2) is 24.3 Å². The van der Waals surface area contributed by atoms with E-state index in [9.17, 15) is 0 Å². The van der Waals surface area contributed by atoms with Crippen molar-refractivity contribution in [3.63, 3.8) is 0 Å². The third-order valence-electron chi connectivity index (χ3n) is 4.97. The van der Waals surface area contributed by atoms with Crippen LogP contribution in [0, 0.1) is 5.92 Å². The van der Waals surface area contributed by atoms with E-state index >= 15 is 0 Å². The molecular formula is C17H26N2O. The van der Waals surface area contributed by atoms with Crippen molar-refractivity contribution >= 4 is 0 Å². The summed E-state index contributed by atoms with van der Waals surface area (Å²) in [5.41, 5.74) is 1.37. The van der Waals surface area contributed by atoms with E-state index in [1.54, 1.807) is 0 Å². The minimum atomic E-state index is 0.352. The molecule has 110 valence electrons. The van der Waals surface area contributed by atoms with Crippen molar-refractivity contribution in [2.45, 2.75) is 38.3 Å². The van der Waals surface area contributed by atoms with Crippen molar-refractivity contribution in [2.24, 2.45) is 5.92 Å². The van der Waals surface area contributed by atoms with Crippen molar-refractivity contribution in [2.75, 3.05) is 26.7 Å². The molecule has 1 N–H and O–H groups in total. The number of nitrogens with one attached hydrogen (secondary N) is 1. The summed E-state index contributed by atoms with van der Waals surface area (Å²) in [7, 11) is 2.07. The lowest BCUT2D eigenvalue weighted by Crippen LogP contribution is -2.44. The zero-order valence-electron chi connectivity index (χ0n) is 12.6. The number of fused-ring (bicyclic) bond motifs is 1. The average molecular weight is 274 g/mol. The lowest BCUT2D eigenvalue weighted by Gasteiger charge is -2.35. The number of likely N-dealkylation sites (tertiary alicyclic amines) is 1.